The van der Waals surface area contributed by atoms with Crippen molar-refractivity contribution in [3.63, 3.8) is 0 Å². The van der Waals surface area contributed by atoms with Crippen LogP contribution in [0.2, 0.25) is 0 Å². The molecule has 0 spiro atoms. The van der Waals surface area contributed by atoms with Gasteiger partial charge in [0, 0.05) is 6.54 Å². The van der Waals surface area contributed by atoms with Crippen molar-refractivity contribution >= 4 is 5.91 Å². The first-order valence-corrected chi connectivity index (χ1v) is 3.40. The predicted octanol–water partition coefficient (Wildman–Crippen LogP) is -0.968. The Morgan fingerprint density at radius 1 is 1.73 bits per heavy atom. The summed E-state index contributed by atoms with van der Waals surface area (Å²) in [6.45, 7) is 1.67. The highest BCUT2D eigenvalue weighted by Gasteiger charge is 2.10. The SMILES string of the molecule is CC=CCNC(=O)C(O)CO. The summed E-state index contributed by atoms with van der Waals surface area (Å²) in [6.07, 6.45) is 2.22. The molecule has 1 unspecified atom stereocenters. The number of carbonyl (C=O) groups excluding carboxylic acids is 1. The van der Waals surface area contributed by atoms with Crippen molar-refractivity contribution in [2.45, 2.75) is 13.0 Å². The van der Waals surface area contributed by atoms with Crippen LogP contribution in [0.5, 0.6) is 0 Å². The fraction of sp³-hybridized carbons (Fsp3) is 0.571. The molecule has 1 amide bonds. The molecule has 0 bridgehead atoms. The first-order valence-electron chi connectivity index (χ1n) is 3.40. The summed E-state index contributed by atoms with van der Waals surface area (Å²) in [5.41, 5.74) is 0. The monoisotopic (exact) mass is 159 g/mol. The molecule has 64 valence electrons. The highest BCUT2D eigenvalue weighted by molar-refractivity contribution is 5.80. The lowest BCUT2D eigenvalue weighted by molar-refractivity contribution is -0.130. The number of rotatable bonds is 4. The van der Waals surface area contributed by atoms with Gasteiger partial charge in [0.2, 0.25) is 0 Å². The van der Waals surface area contributed by atoms with E-state index in [1.807, 2.05) is 6.92 Å². The maximum Gasteiger partial charge on any atom is 0.251 e. The number of hydrogen-bond donors (Lipinski definition) is 3. The van der Waals surface area contributed by atoms with Crippen molar-refractivity contribution in [2.24, 2.45) is 0 Å². The van der Waals surface area contributed by atoms with E-state index in [2.05, 4.69) is 5.32 Å². The van der Waals surface area contributed by atoms with E-state index in [-0.39, 0.29) is 0 Å². The van der Waals surface area contributed by atoms with E-state index < -0.39 is 18.6 Å². The smallest absolute Gasteiger partial charge is 0.251 e. The molecule has 0 heterocycles. The number of amides is 1. The number of carbonyl (C=O) groups is 1. The van der Waals surface area contributed by atoms with Gasteiger partial charge in [-0.1, -0.05) is 12.2 Å². The third-order valence-corrected chi connectivity index (χ3v) is 1.11. The Balaban J connectivity index is 3.52. The molecule has 0 aliphatic carbocycles. The third-order valence-electron chi connectivity index (χ3n) is 1.11. The summed E-state index contributed by atoms with van der Waals surface area (Å²) in [5.74, 6) is -0.550. The lowest BCUT2D eigenvalue weighted by Gasteiger charge is -2.05. The summed E-state index contributed by atoms with van der Waals surface area (Å²) in [5, 5.41) is 19.5. The van der Waals surface area contributed by atoms with E-state index in [0.29, 0.717) is 6.54 Å². The number of allylic oxidation sites excluding steroid dienone is 1. The number of nitrogens with one attached hydrogen (secondary N) is 1. The van der Waals surface area contributed by atoms with Gasteiger partial charge in [0.25, 0.3) is 5.91 Å². The summed E-state index contributed by atoms with van der Waals surface area (Å²) in [6, 6.07) is 0. The van der Waals surface area contributed by atoms with Crippen molar-refractivity contribution in [3.05, 3.63) is 12.2 Å². The second-order valence-corrected chi connectivity index (χ2v) is 2.01. The van der Waals surface area contributed by atoms with E-state index in [0.717, 1.165) is 0 Å². The van der Waals surface area contributed by atoms with E-state index >= 15 is 0 Å². The molecule has 4 heteroatoms. The molecule has 0 saturated carbocycles. The summed E-state index contributed by atoms with van der Waals surface area (Å²) < 4.78 is 0. The normalized spacial score (nSPS) is 13.4. The van der Waals surface area contributed by atoms with Crippen LogP contribution in [0.15, 0.2) is 12.2 Å². The van der Waals surface area contributed by atoms with Crippen LogP contribution in [0, 0.1) is 0 Å². The molecule has 0 radical (unpaired) electrons. The van der Waals surface area contributed by atoms with Crippen molar-refractivity contribution in [1.29, 1.82) is 0 Å². The van der Waals surface area contributed by atoms with Crippen LogP contribution in [-0.2, 0) is 4.79 Å². The van der Waals surface area contributed by atoms with Gasteiger partial charge >= 0.3 is 0 Å². The molecule has 0 saturated heterocycles. The zero-order chi connectivity index (χ0) is 8.69. The topological polar surface area (TPSA) is 69.6 Å². The van der Waals surface area contributed by atoms with Gasteiger partial charge in [-0.05, 0) is 6.92 Å². The van der Waals surface area contributed by atoms with Gasteiger partial charge < -0.3 is 15.5 Å². The molecule has 0 fully saturated rings. The fourth-order valence-electron chi connectivity index (χ4n) is 0.478. The third kappa shape index (κ3) is 4.52. The van der Waals surface area contributed by atoms with Crippen LogP contribution in [0.1, 0.15) is 6.92 Å². The molecule has 0 aromatic heterocycles. The highest BCUT2D eigenvalue weighted by Crippen LogP contribution is 1.79. The first kappa shape index (κ1) is 10.1. The van der Waals surface area contributed by atoms with Crippen LogP contribution < -0.4 is 5.32 Å². The van der Waals surface area contributed by atoms with Crippen LogP contribution in [0.3, 0.4) is 0 Å². The quantitative estimate of drug-likeness (QED) is 0.462. The Kier molecular flexibility index (Phi) is 5.42. The van der Waals surface area contributed by atoms with E-state index in [9.17, 15) is 4.79 Å². The van der Waals surface area contributed by atoms with Crippen LogP contribution >= 0.6 is 0 Å². The van der Waals surface area contributed by atoms with Crippen LogP contribution in [-0.4, -0.2) is 35.4 Å². The number of aliphatic hydroxyl groups excluding tert-OH is 2. The molecule has 0 aliphatic heterocycles. The van der Waals surface area contributed by atoms with E-state index in [4.69, 9.17) is 10.2 Å². The second-order valence-electron chi connectivity index (χ2n) is 2.01. The predicted molar refractivity (Wildman–Crippen MR) is 40.9 cm³/mol. The van der Waals surface area contributed by atoms with Crippen molar-refractivity contribution in [3.8, 4) is 0 Å². The minimum Gasteiger partial charge on any atom is -0.393 e. The van der Waals surface area contributed by atoms with E-state index in [1.165, 1.54) is 0 Å². The van der Waals surface area contributed by atoms with Crippen molar-refractivity contribution in [1.82, 2.24) is 5.32 Å². The van der Waals surface area contributed by atoms with Gasteiger partial charge in [0.1, 0.15) is 0 Å². The molecule has 1 atom stereocenters. The Labute approximate surface area is 65.5 Å². The number of aliphatic hydroxyl groups is 2. The molecule has 11 heavy (non-hydrogen) atoms. The Hall–Kier alpha value is -0.870. The lowest BCUT2D eigenvalue weighted by Crippen LogP contribution is -2.36. The lowest BCUT2D eigenvalue weighted by atomic mass is 10.3. The molecule has 0 aromatic rings. The van der Waals surface area contributed by atoms with Gasteiger partial charge in [-0.25, -0.2) is 0 Å². The average Bonchev–Trinajstić information content (AvgIpc) is 2.03. The molecule has 0 aliphatic rings. The standard InChI is InChI=1S/C7H13NO3/c1-2-3-4-8-7(11)6(10)5-9/h2-3,6,9-10H,4-5H2,1H3,(H,8,11). The summed E-state index contributed by atoms with van der Waals surface area (Å²) in [4.78, 5) is 10.7. The maximum absolute atomic E-state index is 10.7. The van der Waals surface area contributed by atoms with Gasteiger partial charge in [-0.2, -0.15) is 0 Å². The molecule has 0 rings (SSSR count). The minimum absolute atomic E-state index is 0.381. The first-order chi connectivity index (χ1) is 5.22. The molecular weight excluding hydrogens is 146 g/mol. The zero-order valence-electron chi connectivity index (χ0n) is 6.45. The highest BCUT2D eigenvalue weighted by atomic mass is 16.3. The van der Waals surface area contributed by atoms with Crippen molar-refractivity contribution < 1.29 is 15.0 Å². The second kappa shape index (κ2) is 5.88. The van der Waals surface area contributed by atoms with Gasteiger partial charge in [-0.3, -0.25) is 4.79 Å². The van der Waals surface area contributed by atoms with Crippen molar-refractivity contribution in [2.75, 3.05) is 13.2 Å². The van der Waals surface area contributed by atoms with Gasteiger partial charge in [0.15, 0.2) is 6.10 Å². The Bertz CT molecular complexity index is 145. The summed E-state index contributed by atoms with van der Waals surface area (Å²) >= 11 is 0. The largest absolute Gasteiger partial charge is 0.393 e. The molecule has 3 N–H and O–H groups in total. The summed E-state index contributed by atoms with van der Waals surface area (Å²) in [7, 11) is 0. The maximum atomic E-state index is 10.7. The Morgan fingerprint density at radius 3 is 2.82 bits per heavy atom. The molecule has 4 nitrogen and oxygen atoms in total. The average molecular weight is 159 g/mol. The van der Waals surface area contributed by atoms with Gasteiger partial charge in [0.05, 0.1) is 6.61 Å². The van der Waals surface area contributed by atoms with Gasteiger partial charge in [-0.15, -0.1) is 0 Å². The van der Waals surface area contributed by atoms with E-state index in [1.54, 1.807) is 12.2 Å². The zero-order valence-corrected chi connectivity index (χ0v) is 6.45. The Morgan fingerprint density at radius 2 is 2.36 bits per heavy atom. The van der Waals surface area contributed by atoms with Crippen LogP contribution in [0.25, 0.3) is 0 Å². The molecular formula is C7H13NO3. The minimum atomic E-state index is -1.31. The van der Waals surface area contributed by atoms with Crippen LogP contribution in [0.4, 0.5) is 0 Å². The fourth-order valence-corrected chi connectivity index (χ4v) is 0.478. The molecule has 0 aromatic carbocycles. The number of hydrogen-bond acceptors (Lipinski definition) is 3.